The summed E-state index contributed by atoms with van der Waals surface area (Å²) in [7, 11) is -2.34. The molecule has 0 saturated carbocycles. The van der Waals surface area contributed by atoms with E-state index in [1.807, 2.05) is 4.90 Å². The second-order valence-electron chi connectivity index (χ2n) is 6.23. The van der Waals surface area contributed by atoms with E-state index >= 15 is 0 Å². The van der Waals surface area contributed by atoms with E-state index in [4.69, 9.17) is 4.74 Å². The van der Waals surface area contributed by atoms with Crippen molar-refractivity contribution in [2.24, 2.45) is 0 Å². The summed E-state index contributed by atoms with van der Waals surface area (Å²) in [5.41, 5.74) is 0. The van der Waals surface area contributed by atoms with Crippen LogP contribution in [0, 0.1) is 6.92 Å². The Morgan fingerprint density at radius 3 is 2.21 bits per heavy atom. The Morgan fingerprint density at radius 1 is 1.03 bits per heavy atom. The second-order valence-corrected chi connectivity index (χ2v) is 8.16. The molecule has 1 aliphatic heterocycles. The van der Waals surface area contributed by atoms with Gasteiger partial charge in [-0.05, 0) is 31.2 Å². The molecule has 2 heterocycles. The molecular formula is C17H19F3N4O4S. The summed E-state index contributed by atoms with van der Waals surface area (Å²) in [5, 5.41) is 0. The maximum Gasteiger partial charge on any atom is 0.573 e. The van der Waals surface area contributed by atoms with Crippen LogP contribution in [0.3, 0.4) is 0 Å². The Bertz CT molecular complexity index is 960. The van der Waals surface area contributed by atoms with Crippen molar-refractivity contribution in [1.29, 1.82) is 0 Å². The van der Waals surface area contributed by atoms with E-state index in [-0.39, 0.29) is 18.0 Å². The Morgan fingerprint density at radius 2 is 1.66 bits per heavy atom. The number of benzene rings is 1. The van der Waals surface area contributed by atoms with Crippen LogP contribution in [0.1, 0.15) is 5.82 Å². The molecule has 0 aliphatic carbocycles. The minimum Gasteiger partial charge on any atom is -0.481 e. The lowest BCUT2D eigenvalue weighted by atomic mass is 10.3. The van der Waals surface area contributed by atoms with Crippen LogP contribution in [0.15, 0.2) is 35.2 Å². The quantitative estimate of drug-likeness (QED) is 0.716. The van der Waals surface area contributed by atoms with Gasteiger partial charge in [0, 0.05) is 32.2 Å². The summed E-state index contributed by atoms with van der Waals surface area (Å²) in [6.07, 6.45) is -4.83. The maximum absolute atomic E-state index is 12.8. The summed E-state index contributed by atoms with van der Waals surface area (Å²) < 4.78 is 72.5. The number of nitrogens with zero attached hydrogens (tertiary/aromatic N) is 4. The number of sulfonamides is 1. The number of halogens is 3. The molecule has 1 aromatic carbocycles. The molecule has 0 atom stereocenters. The maximum atomic E-state index is 12.8. The van der Waals surface area contributed by atoms with Crippen molar-refractivity contribution in [2.75, 3.05) is 38.2 Å². The standard InChI is InChI=1S/C17H19F3N4O4S/c1-12-21-15(11-16(22-12)27-2)23-7-9-24(10-8-23)29(25,26)14-5-3-13(4-6-14)28-17(18,19)20/h3-6,11H,7-10H2,1-2H3. The Kier molecular flexibility index (Phi) is 5.85. The number of hydrogen-bond donors (Lipinski definition) is 0. The molecule has 29 heavy (non-hydrogen) atoms. The lowest BCUT2D eigenvalue weighted by Gasteiger charge is -2.34. The monoisotopic (exact) mass is 432 g/mol. The molecule has 0 N–H and O–H groups in total. The smallest absolute Gasteiger partial charge is 0.481 e. The second kappa shape index (κ2) is 8.03. The molecule has 8 nitrogen and oxygen atoms in total. The molecule has 3 rings (SSSR count). The first-order chi connectivity index (χ1) is 13.6. The fourth-order valence-electron chi connectivity index (χ4n) is 2.91. The predicted molar refractivity (Wildman–Crippen MR) is 97.4 cm³/mol. The van der Waals surface area contributed by atoms with Crippen molar-refractivity contribution >= 4 is 15.8 Å². The van der Waals surface area contributed by atoms with Crippen LogP contribution in [0.4, 0.5) is 19.0 Å². The molecule has 0 amide bonds. The highest BCUT2D eigenvalue weighted by atomic mass is 32.2. The van der Waals surface area contributed by atoms with Crippen molar-refractivity contribution in [3.05, 3.63) is 36.2 Å². The summed E-state index contributed by atoms with van der Waals surface area (Å²) in [4.78, 5) is 10.3. The van der Waals surface area contributed by atoms with Gasteiger partial charge in [-0.15, -0.1) is 13.2 Å². The first-order valence-electron chi connectivity index (χ1n) is 8.59. The number of aryl methyl sites for hydroxylation is 1. The molecule has 12 heteroatoms. The number of methoxy groups -OCH3 is 1. The molecule has 0 radical (unpaired) electrons. The highest BCUT2D eigenvalue weighted by Gasteiger charge is 2.32. The number of rotatable bonds is 5. The Hall–Kier alpha value is -2.60. The van der Waals surface area contributed by atoms with E-state index < -0.39 is 22.1 Å². The van der Waals surface area contributed by atoms with Crippen LogP contribution < -0.4 is 14.4 Å². The normalized spacial score (nSPS) is 16.0. The molecule has 1 saturated heterocycles. The third kappa shape index (κ3) is 5.07. The van der Waals surface area contributed by atoms with Crippen molar-refractivity contribution in [3.8, 4) is 11.6 Å². The van der Waals surface area contributed by atoms with Gasteiger partial charge in [0.05, 0.1) is 12.0 Å². The number of ether oxygens (including phenoxy) is 2. The third-order valence-corrected chi connectivity index (χ3v) is 6.18. The van der Waals surface area contributed by atoms with Gasteiger partial charge in [-0.2, -0.15) is 9.29 Å². The van der Waals surface area contributed by atoms with Crippen molar-refractivity contribution < 1.29 is 31.1 Å². The van der Waals surface area contributed by atoms with Crippen LogP contribution in [0.5, 0.6) is 11.6 Å². The van der Waals surface area contributed by atoms with Crippen LogP contribution in [-0.4, -0.2) is 62.3 Å². The SMILES string of the molecule is COc1cc(N2CCN(S(=O)(=O)c3ccc(OC(F)(F)F)cc3)CC2)nc(C)n1. The highest BCUT2D eigenvalue weighted by Crippen LogP contribution is 2.26. The van der Waals surface area contributed by atoms with Gasteiger partial charge in [0.25, 0.3) is 0 Å². The average molecular weight is 432 g/mol. The average Bonchev–Trinajstić information content (AvgIpc) is 2.66. The number of aromatic nitrogens is 2. The minimum atomic E-state index is -4.83. The molecule has 2 aromatic rings. The molecule has 0 unspecified atom stereocenters. The van der Waals surface area contributed by atoms with Crippen LogP contribution in [-0.2, 0) is 10.0 Å². The third-order valence-electron chi connectivity index (χ3n) is 4.27. The van der Waals surface area contributed by atoms with Crippen molar-refractivity contribution in [2.45, 2.75) is 18.2 Å². The zero-order valence-corrected chi connectivity index (χ0v) is 16.5. The van der Waals surface area contributed by atoms with Crippen molar-refractivity contribution in [1.82, 2.24) is 14.3 Å². The zero-order chi connectivity index (χ0) is 21.2. The summed E-state index contributed by atoms with van der Waals surface area (Å²) in [6, 6.07) is 5.83. The fraction of sp³-hybridized carbons (Fsp3) is 0.412. The van der Waals surface area contributed by atoms with Gasteiger partial charge in [-0.1, -0.05) is 0 Å². The highest BCUT2D eigenvalue weighted by molar-refractivity contribution is 7.89. The predicted octanol–water partition coefficient (Wildman–Crippen LogP) is 2.20. The lowest BCUT2D eigenvalue weighted by Crippen LogP contribution is -2.49. The van der Waals surface area contributed by atoms with Gasteiger partial charge in [0.1, 0.15) is 17.4 Å². The van der Waals surface area contributed by atoms with Gasteiger partial charge in [-0.3, -0.25) is 0 Å². The largest absolute Gasteiger partial charge is 0.573 e. The first kappa shape index (κ1) is 21.1. The van der Waals surface area contributed by atoms with Gasteiger partial charge in [0.2, 0.25) is 15.9 Å². The van der Waals surface area contributed by atoms with Crippen LogP contribution >= 0.6 is 0 Å². The van der Waals surface area contributed by atoms with Crippen LogP contribution in [0.25, 0.3) is 0 Å². The number of hydrogen-bond acceptors (Lipinski definition) is 7. The number of anilines is 1. The van der Waals surface area contributed by atoms with Gasteiger partial charge < -0.3 is 14.4 Å². The molecule has 0 spiro atoms. The lowest BCUT2D eigenvalue weighted by molar-refractivity contribution is -0.274. The molecule has 0 bridgehead atoms. The molecule has 1 fully saturated rings. The molecular weight excluding hydrogens is 413 g/mol. The van der Waals surface area contributed by atoms with Gasteiger partial charge in [0.15, 0.2) is 0 Å². The van der Waals surface area contributed by atoms with Crippen molar-refractivity contribution in [3.63, 3.8) is 0 Å². The number of piperazine rings is 1. The Balaban J connectivity index is 1.69. The molecule has 1 aromatic heterocycles. The van der Waals surface area contributed by atoms with E-state index in [2.05, 4.69) is 14.7 Å². The van der Waals surface area contributed by atoms with E-state index in [1.54, 1.807) is 13.0 Å². The number of alkyl halides is 3. The van der Waals surface area contributed by atoms with Gasteiger partial charge in [-0.25, -0.2) is 13.4 Å². The Labute approximate surface area is 165 Å². The summed E-state index contributed by atoms with van der Waals surface area (Å²) in [6.45, 7) is 2.93. The summed E-state index contributed by atoms with van der Waals surface area (Å²) >= 11 is 0. The minimum absolute atomic E-state index is 0.0972. The van der Waals surface area contributed by atoms with E-state index in [0.29, 0.717) is 30.6 Å². The van der Waals surface area contributed by atoms with E-state index in [9.17, 15) is 21.6 Å². The van der Waals surface area contributed by atoms with E-state index in [1.165, 1.54) is 11.4 Å². The van der Waals surface area contributed by atoms with Crippen LogP contribution in [0.2, 0.25) is 0 Å². The molecule has 158 valence electrons. The summed E-state index contributed by atoms with van der Waals surface area (Å²) in [5.74, 6) is 1.12. The molecule has 1 aliphatic rings. The van der Waals surface area contributed by atoms with E-state index in [0.717, 1.165) is 24.3 Å². The van der Waals surface area contributed by atoms with Gasteiger partial charge >= 0.3 is 6.36 Å². The first-order valence-corrected chi connectivity index (χ1v) is 10.0. The topological polar surface area (TPSA) is 84.9 Å². The zero-order valence-electron chi connectivity index (χ0n) is 15.7. The fourth-order valence-corrected chi connectivity index (χ4v) is 4.33.